The summed E-state index contributed by atoms with van der Waals surface area (Å²) in [4.78, 5) is 24.4. The molecule has 2 aromatic heterocycles. The first kappa shape index (κ1) is 17.5. The quantitative estimate of drug-likeness (QED) is 0.385. The lowest BCUT2D eigenvalue weighted by molar-refractivity contribution is -0.129. The molecule has 4 aromatic rings. The number of benzene rings is 2. The van der Waals surface area contributed by atoms with Crippen LogP contribution in [0.1, 0.15) is 19.8 Å². The van der Waals surface area contributed by atoms with E-state index in [0.717, 1.165) is 64.6 Å². The fourth-order valence-corrected chi connectivity index (χ4v) is 4.80. The SMILES string of the molecule is CC1CCN(C(=O)CSc2nc3ccccc3c3nc4ccccc4n23)CC1. The number of rotatable bonds is 3. The Labute approximate surface area is 167 Å². The van der Waals surface area contributed by atoms with Crippen LogP contribution in [0.5, 0.6) is 0 Å². The summed E-state index contributed by atoms with van der Waals surface area (Å²) >= 11 is 1.51. The molecule has 0 aliphatic carbocycles. The number of hydrogen-bond acceptors (Lipinski definition) is 4. The number of amides is 1. The lowest BCUT2D eigenvalue weighted by Crippen LogP contribution is -2.38. The zero-order valence-corrected chi connectivity index (χ0v) is 16.7. The highest BCUT2D eigenvalue weighted by Crippen LogP contribution is 2.29. The molecule has 0 saturated carbocycles. The summed E-state index contributed by atoms with van der Waals surface area (Å²) in [5, 5.41) is 1.85. The lowest BCUT2D eigenvalue weighted by atomic mass is 9.99. The van der Waals surface area contributed by atoms with E-state index in [2.05, 4.69) is 23.5 Å². The van der Waals surface area contributed by atoms with Gasteiger partial charge in [0.2, 0.25) is 5.91 Å². The summed E-state index contributed by atoms with van der Waals surface area (Å²) in [6, 6.07) is 16.2. The Morgan fingerprint density at radius 2 is 1.75 bits per heavy atom. The number of aromatic nitrogens is 3. The van der Waals surface area contributed by atoms with Gasteiger partial charge in [-0.1, -0.05) is 43.0 Å². The van der Waals surface area contributed by atoms with Gasteiger partial charge in [0, 0.05) is 18.5 Å². The molecule has 1 fully saturated rings. The molecule has 0 bridgehead atoms. The maximum absolute atomic E-state index is 12.7. The van der Waals surface area contributed by atoms with Crippen LogP contribution >= 0.6 is 11.8 Å². The minimum Gasteiger partial charge on any atom is -0.342 e. The van der Waals surface area contributed by atoms with Crippen LogP contribution in [0.4, 0.5) is 0 Å². The van der Waals surface area contributed by atoms with Crippen molar-refractivity contribution in [2.75, 3.05) is 18.8 Å². The van der Waals surface area contributed by atoms with Crippen molar-refractivity contribution in [3.8, 4) is 0 Å². The zero-order valence-electron chi connectivity index (χ0n) is 15.8. The third-order valence-corrected chi connectivity index (χ3v) is 6.50. The minimum atomic E-state index is 0.199. The highest BCUT2D eigenvalue weighted by Gasteiger charge is 2.21. The molecule has 0 spiro atoms. The molecule has 0 unspecified atom stereocenters. The molecular formula is C22H22N4OS. The van der Waals surface area contributed by atoms with Gasteiger partial charge in [0.05, 0.1) is 22.3 Å². The van der Waals surface area contributed by atoms with Gasteiger partial charge in [-0.05, 0) is 43.0 Å². The van der Waals surface area contributed by atoms with Gasteiger partial charge in [-0.3, -0.25) is 9.20 Å². The third kappa shape index (κ3) is 3.02. The number of nitrogens with zero attached hydrogens (tertiary/aromatic N) is 4. The predicted octanol–water partition coefficient (Wildman–Crippen LogP) is 4.39. The van der Waals surface area contributed by atoms with Gasteiger partial charge in [0.25, 0.3) is 0 Å². The number of piperidine rings is 1. The van der Waals surface area contributed by atoms with E-state index in [1.54, 1.807) is 0 Å². The van der Waals surface area contributed by atoms with Crippen LogP contribution in [0.3, 0.4) is 0 Å². The summed E-state index contributed by atoms with van der Waals surface area (Å²) in [7, 11) is 0. The van der Waals surface area contributed by atoms with Crippen molar-refractivity contribution in [1.29, 1.82) is 0 Å². The molecule has 2 aromatic carbocycles. The number of thioether (sulfide) groups is 1. The first-order chi connectivity index (χ1) is 13.7. The first-order valence-corrected chi connectivity index (χ1v) is 10.8. The van der Waals surface area contributed by atoms with E-state index in [-0.39, 0.29) is 5.91 Å². The van der Waals surface area contributed by atoms with Gasteiger partial charge in [-0.15, -0.1) is 0 Å². The van der Waals surface area contributed by atoms with E-state index in [4.69, 9.17) is 9.97 Å². The molecule has 0 N–H and O–H groups in total. The monoisotopic (exact) mass is 390 g/mol. The number of likely N-dealkylation sites (tertiary alicyclic amines) is 1. The number of hydrogen-bond donors (Lipinski definition) is 0. The summed E-state index contributed by atoms with van der Waals surface area (Å²) in [5.74, 6) is 1.32. The van der Waals surface area contributed by atoms with Crippen molar-refractivity contribution in [3.63, 3.8) is 0 Å². The molecule has 1 saturated heterocycles. The van der Waals surface area contributed by atoms with E-state index < -0.39 is 0 Å². The largest absolute Gasteiger partial charge is 0.342 e. The highest BCUT2D eigenvalue weighted by molar-refractivity contribution is 7.99. The molecule has 3 heterocycles. The molecule has 6 heteroatoms. The van der Waals surface area contributed by atoms with Crippen LogP contribution in [0.15, 0.2) is 53.7 Å². The topological polar surface area (TPSA) is 50.5 Å². The first-order valence-electron chi connectivity index (χ1n) is 9.77. The van der Waals surface area contributed by atoms with Gasteiger partial charge in [-0.2, -0.15) is 0 Å². The number of carbonyl (C=O) groups excluding carboxylic acids is 1. The molecule has 142 valence electrons. The average molecular weight is 391 g/mol. The van der Waals surface area contributed by atoms with Crippen molar-refractivity contribution in [1.82, 2.24) is 19.3 Å². The second-order valence-electron chi connectivity index (χ2n) is 7.52. The Morgan fingerprint density at radius 3 is 2.57 bits per heavy atom. The number of imidazole rings is 1. The van der Waals surface area contributed by atoms with E-state index in [1.807, 2.05) is 41.3 Å². The molecule has 1 aliphatic heterocycles. The van der Waals surface area contributed by atoms with Gasteiger partial charge in [0.15, 0.2) is 5.16 Å². The molecule has 5 rings (SSSR count). The summed E-state index contributed by atoms with van der Waals surface area (Å²) < 4.78 is 2.09. The van der Waals surface area contributed by atoms with Gasteiger partial charge < -0.3 is 4.90 Å². The van der Waals surface area contributed by atoms with Crippen molar-refractivity contribution >= 4 is 45.3 Å². The fourth-order valence-electron chi connectivity index (χ4n) is 3.89. The average Bonchev–Trinajstić information content (AvgIpc) is 3.12. The Kier molecular flexibility index (Phi) is 4.43. The Hall–Kier alpha value is -2.60. The highest BCUT2D eigenvalue weighted by atomic mass is 32.2. The minimum absolute atomic E-state index is 0.199. The summed E-state index contributed by atoms with van der Waals surface area (Å²) in [6.45, 7) is 4.00. The fraction of sp³-hybridized carbons (Fsp3) is 0.318. The van der Waals surface area contributed by atoms with E-state index in [0.29, 0.717) is 5.75 Å². The maximum Gasteiger partial charge on any atom is 0.233 e. The van der Waals surface area contributed by atoms with Crippen LogP contribution in [0.2, 0.25) is 0 Å². The van der Waals surface area contributed by atoms with Crippen molar-refractivity contribution < 1.29 is 4.79 Å². The number of para-hydroxylation sites is 3. The second kappa shape index (κ2) is 7.09. The smallest absolute Gasteiger partial charge is 0.233 e. The van der Waals surface area contributed by atoms with Crippen LogP contribution in [0.25, 0.3) is 27.6 Å². The summed E-state index contributed by atoms with van der Waals surface area (Å²) in [5.41, 5.74) is 3.77. The van der Waals surface area contributed by atoms with E-state index in [9.17, 15) is 4.79 Å². The second-order valence-corrected chi connectivity index (χ2v) is 8.47. The van der Waals surface area contributed by atoms with Crippen molar-refractivity contribution in [2.24, 2.45) is 5.92 Å². The van der Waals surface area contributed by atoms with Crippen molar-refractivity contribution in [2.45, 2.75) is 24.9 Å². The normalized spacial score (nSPS) is 15.7. The maximum atomic E-state index is 12.7. The van der Waals surface area contributed by atoms with Crippen LogP contribution < -0.4 is 0 Å². The standard InChI is InChI=1S/C22H22N4OS/c1-15-10-12-25(13-11-15)20(27)14-28-22-24-17-7-3-2-6-16(17)21-23-18-8-4-5-9-19(18)26(21)22/h2-9,15H,10-14H2,1H3. The third-order valence-electron chi connectivity index (χ3n) is 5.57. The van der Waals surface area contributed by atoms with Crippen LogP contribution in [0, 0.1) is 5.92 Å². The molecule has 1 amide bonds. The zero-order chi connectivity index (χ0) is 19.1. The van der Waals surface area contributed by atoms with E-state index >= 15 is 0 Å². The van der Waals surface area contributed by atoms with Crippen molar-refractivity contribution in [3.05, 3.63) is 48.5 Å². The van der Waals surface area contributed by atoms with Crippen LogP contribution in [-0.2, 0) is 4.79 Å². The predicted molar refractivity (Wildman–Crippen MR) is 114 cm³/mol. The summed E-state index contributed by atoms with van der Waals surface area (Å²) in [6.07, 6.45) is 2.20. The Balaban J connectivity index is 1.53. The molecule has 28 heavy (non-hydrogen) atoms. The Morgan fingerprint density at radius 1 is 1.04 bits per heavy atom. The number of carbonyl (C=O) groups is 1. The van der Waals surface area contributed by atoms with Gasteiger partial charge in [0.1, 0.15) is 5.65 Å². The molecule has 0 atom stereocenters. The number of fused-ring (bicyclic) bond motifs is 5. The molecule has 1 aliphatic rings. The van der Waals surface area contributed by atoms with Crippen LogP contribution in [-0.4, -0.2) is 44.0 Å². The lowest BCUT2D eigenvalue weighted by Gasteiger charge is -2.30. The molecule has 5 nitrogen and oxygen atoms in total. The van der Waals surface area contributed by atoms with Gasteiger partial charge >= 0.3 is 0 Å². The molecular weight excluding hydrogens is 368 g/mol. The van der Waals surface area contributed by atoms with E-state index in [1.165, 1.54) is 11.8 Å². The van der Waals surface area contributed by atoms with Gasteiger partial charge in [-0.25, -0.2) is 9.97 Å². The Bertz CT molecular complexity index is 1180. The molecule has 0 radical (unpaired) electrons.